The molecule has 0 saturated carbocycles. The van der Waals surface area contributed by atoms with Gasteiger partial charge < -0.3 is 26.0 Å². The summed E-state index contributed by atoms with van der Waals surface area (Å²) in [4.78, 5) is 10.6. The molecule has 8 nitrogen and oxygen atoms in total. The molecule has 202 valence electrons. The summed E-state index contributed by atoms with van der Waals surface area (Å²) < 4.78 is 61.5. The summed E-state index contributed by atoms with van der Waals surface area (Å²) in [5, 5.41) is 5.94. The Morgan fingerprint density at radius 1 is 1.32 bits per heavy atom. The van der Waals surface area contributed by atoms with E-state index in [-0.39, 0.29) is 46.9 Å². The Labute approximate surface area is 221 Å². The van der Waals surface area contributed by atoms with E-state index >= 15 is 0 Å². The number of hydrogen-bond acceptors (Lipinski definition) is 8. The normalized spacial score (nSPS) is 18.1. The molecule has 0 radical (unpaired) electrons. The molecule has 0 aromatic carbocycles. The highest BCUT2D eigenvalue weighted by Crippen LogP contribution is 2.39. The van der Waals surface area contributed by atoms with Crippen molar-refractivity contribution in [2.24, 2.45) is 5.73 Å². The van der Waals surface area contributed by atoms with Gasteiger partial charge in [0, 0.05) is 31.0 Å². The predicted molar refractivity (Wildman–Crippen MR) is 141 cm³/mol. The minimum atomic E-state index is -4.56. The van der Waals surface area contributed by atoms with Crippen molar-refractivity contribution in [2.45, 2.75) is 29.2 Å². The molecular formula is C25H27F4N7OS. The molecule has 1 saturated heterocycles. The van der Waals surface area contributed by atoms with Crippen molar-refractivity contribution in [3.63, 3.8) is 0 Å². The van der Waals surface area contributed by atoms with Crippen LogP contribution in [0.2, 0.25) is 0 Å². The lowest BCUT2D eigenvalue weighted by Crippen LogP contribution is -2.46. The number of nitrogens with two attached hydrogens (primary N) is 1. The molecule has 2 atom stereocenters. The SMILES string of the molecule is C=C(N)c1ccc(OC)c(NCC#Cc2nc3c(NC4CCN(C)CC4F)cccn3c2SC(F)(F)F)n1. The molecule has 4 heterocycles. The van der Waals surface area contributed by atoms with Crippen molar-refractivity contribution >= 4 is 34.6 Å². The lowest BCUT2D eigenvalue weighted by Gasteiger charge is -2.33. The van der Waals surface area contributed by atoms with Gasteiger partial charge in [-0.2, -0.15) is 13.2 Å². The number of alkyl halides is 4. The number of halogens is 4. The summed E-state index contributed by atoms with van der Waals surface area (Å²) in [5.41, 5.74) is 2.49. The Kier molecular flexibility index (Phi) is 8.23. The van der Waals surface area contributed by atoms with Crippen LogP contribution in [0.5, 0.6) is 5.75 Å². The maximum Gasteiger partial charge on any atom is 0.447 e. The molecule has 0 aliphatic carbocycles. The first-order valence-electron chi connectivity index (χ1n) is 11.6. The zero-order valence-corrected chi connectivity index (χ0v) is 21.6. The number of anilines is 2. The lowest BCUT2D eigenvalue weighted by molar-refractivity contribution is -0.0329. The third-order valence-electron chi connectivity index (χ3n) is 5.86. The summed E-state index contributed by atoms with van der Waals surface area (Å²) in [6.45, 7) is 4.67. The molecule has 1 aliphatic heterocycles. The summed E-state index contributed by atoms with van der Waals surface area (Å²) in [6.07, 6.45) is 0.906. The highest BCUT2D eigenvalue weighted by Gasteiger charge is 2.33. The second kappa shape index (κ2) is 11.4. The van der Waals surface area contributed by atoms with Gasteiger partial charge in [-0.3, -0.25) is 4.40 Å². The van der Waals surface area contributed by atoms with Crippen molar-refractivity contribution in [2.75, 3.05) is 44.4 Å². The molecule has 2 unspecified atom stereocenters. The maximum atomic E-state index is 14.6. The van der Waals surface area contributed by atoms with Gasteiger partial charge in [0.05, 0.1) is 36.8 Å². The Morgan fingerprint density at radius 2 is 2.11 bits per heavy atom. The van der Waals surface area contributed by atoms with Crippen LogP contribution in [0.15, 0.2) is 42.1 Å². The van der Waals surface area contributed by atoms with Crippen molar-refractivity contribution in [1.82, 2.24) is 19.3 Å². The topological polar surface area (TPSA) is 92.7 Å². The van der Waals surface area contributed by atoms with Crippen LogP contribution in [0.25, 0.3) is 11.3 Å². The molecule has 0 bridgehead atoms. The quantitative estimate of drug-likeness (QED) is 0.230. The minimum Gasteiger partial charge on any atom is -0.493 e. The summed E-state index contributed by atoms with van der Waals surface area (Å²) in [6, 6.07) is 6.10. The van der Waals surface area contributed by atoms with E-state index in [0.717, 1.165) is 0 Å². The van der Waals surface area contributed by atoms with Crippen LogP contribution in [-0.2, 0) is 0 Å². The van der Waals surface area contributed by atoms with E-state index in [1.54, 1.807) is 24.3 Å². The number of imidazole rings is 1. The first-order valence-corrected chi connectivity index (χ1v) is 12.5. The van der Waals surface area contributed by atoms with Gasteiger partial charge in [-0.05, 0) is 43.7 Å². The molecule has 0 amide bonds. The number of aromatic nitrogens is 3. The zero-order chi connectivity index (χ0) is 27.4. The number of likely N-dealkylation sites (tertiary alicyclic amines) is 1. The van der Waals surface area contributed by atoms with E-state index in [1.807, 2.05) is 11.9 Å². The van der Waals surface area contributed by atoms with Gasteiger partial charge in [0.1, 0.15) is 16.9 Å². The molecule has 3 aromatic rings. The molecule has 4 rings (SSSR count). The fourth-order valence-corrected chi connectivity index (χ4v) is 4.70. The average Bonchev–Trinajstić information content (AvgIpc) is 3.20. The van der Waals surface area contributed by atoms with Gasteiger partial charge in [0.15, 0.2) is 17.2 Å². The fraction of sp³-hybridized carbons (Fsp3) is 0.360. The van der Waals surface area contributed by atoms with Crippen molar-refractivity contribution in [3.8, 4) is 17.6 Å². The third kappa shape index (κ3) is 6.43. The van der Waals surface area contributed by atoms with Gasteiger partial charge in [-0.25, -0.2) is 14.4 Å². The monoisotopic (exact) mass is 549 g/mol. The van der Waals surface area contributed by atoms with Gasteiger partial charge in [-0.1, -0.05) is 12.5 Å². The Bertz CT molecular complexity index is 1380. The predicted octanol–water partition coefficient (Wildman–Crippen LogP) is 4.20. The number of ether oxygens (including phenoxy) is 1. The van der Waals surface area contributed by atoms with Gasteiger partial charge in [0.2, 0.25) is 0 Å². The molecule has 0 spiro atoms. The third-order valence-corrected chi connectivity index (χ3v) is 6.68. The van der Waals surface area contributed by atoms with Crippen molar-refractivity contribution in [3.05, 3.63) is 48.4 Å². The number of hydrogen-bond donors (Lipinski definition) is 3. The van der Waals surface area contributed by atoms with Crippen LogP contribution in [-0.4, -0.2) is 70.8 Å². The van der Waals surface area contributed by atoms with Crippen LogP contribution in [0, 0.1) is 11.8 Å². The van der Waals surface area contributed by atoms with Crippen LogP contribution in [0.1, 0.15) is 17.8 Å². The van der Waals surface area contributed by atoms with E-state index in [0.29, 0.717) is 35.9 Å². The van der Waals surface area contributed by atoms with Crippen molar-refractivity contribution in [1.29, 1.82) is 0 Å². The number of fused-ring (bicyclic) bond motifs is 1. The maximum absolute atomic E-state index is 14.6. The van der Waals surface area contributed by atoms with Crippen LogP contribution in [0.4, 0.5) is 29.1 Å². The summed E-state index contributed by atoms with van der Waals surface area (Å²) in [7, 11) is 3.32. The van der Waals surface area contributed by atoms with Gasteiger partial charge in [-0.15, -0.1) is 0 Å². The molecule has 1 fully saturated rings. The molecule has 13 heteroatoms. The first kappa shape index (κ1) is 27.4. The number of nitrogens with one attached hydrogen (secondary N) is 2. The Balaban J connectivity index is 1.62. The molecule has 4 N–H and O–H groups in total. The van der Waals surface area contributed by atoms with Gasteiger partial charge >= 0.3 is 5.51 Å². The molecular weight excluding hydrogens is 522 g/mol. The number of piperidine rings is 1. The first-order chi connectivity index (χ1) is 18.1. The zero-order valence-electron chi connectivity index (χ0n) is 20.8. The van der Waals surface area contributed by atoms with Crippen LogP contribution >= 0.6 is 11.8 Å². The number of pyridine rings is 2. The number of methoxy groups -OCH3 is 1. The van der Waals surface area contributed by atoms with E-state index in [1.165, 1.54) is 17.7 Å². The second-order valence-electron chi connectivity index (χ2n) is 8.67. The average molecular weight is 550 g/mol. The standard InChI is InChI=1S/C25H27F4N7OS/c1-15(30)17-8-9-21(37-3)22(33-17)31-11-4-6-20-24(38-25(27,28)29)36-12-5-7-19(23(36)34-20)32-18-10-13-35(2)14-16(18)26/h5,7-9,12,16,18,32H,1,10-11,13-14,30H2,2-3H3,(H,31,33). The highest BCUT2D eigenvalue weighted by molar-refractivity contribution is 8.00. The summed E-state index contributed by atoms with van der Waals surface area (Å²) >= 11 is -0.302. The largest absolute Gasteiger partial charge is 0.493 e. The lowest BCUT2D eigenvalue weighted by atomic mass is 10.0. The fourth-order valence-electron chi connectivity index (χ4n) is 4.04. The Hall–Kier alpha value is -3.63. The van der Waals surface area contributed by atoms with E-state index in [9.17, 15) is 17.6 Å². The smallest absolute Gasteiger partial charge is 0.447 e. The molecule has 1 aliphatic rings. The van der Waals surface area contributed by atoms with E-state index < -0.39 is 17.7 Å². The molecule has 38 heavy (non-hydrogen) atoms. The molecule has 3 aromatic heterocycles. The highest BCUT2D eigenvalue weighted by atomic mass is 32.2. The number of nitrogens with zero attached hydrogens (tertiary/aromatic N) is 4. The van der Waals surface area contributed by atoms with Crippen LogP contribution in [0.3, 0.4) is 0 Å². The van der Waals surface area contributed by atoms with Gasteiger partial charge in [0.25, 0.3) is 0 Å². The van der Waals surface area contributed by atoms with E-state index in [2.05, 4.69) is 39.0 Å². The second-order valence-corrected chi connectivity index (χ2v) is 9.73. The van der Waals surface area contributed by atoms with E-state index in [4.69, 9.17) is 10.5 Å². The van der Waals surface area contributed by atoms with Crippen molar-refractivity contribution < 1.29 is 22.3 Å². The summed E-state index contributed by atoms with van der Waals surface area (Å²) in [5.74, 6) is 6.32. The Morgan fingerprint density at radius 3 is 2.79 bits per heavy atom. The number of thioether (sulfide) groups is 1. The minimum absolute atomic E-state index is 0.0398. The number of rotatable bonds is 7. The van der Waals surface area contributed by atoms with Crippen LogP contribution < -0.4 is 21.1 Å².